The van der Waals surface area contributed by atoms with Gasteiger partial charge in [0.25, 0.3) is 0 Å². The van der Waals surface area contributed by atoms with Crippen LogP contribution >= 0.6 is 35.3 Å². The summed E-state index contributed by atoms with van der Waals surface area (Å²) in [6, 6.07) is 6.84. The van der Waals surface area contributed by atoms with Crippen molar-refractivity contribution in [1.82, 2.24) is 15.6 Å². The van der Waals surface area contributed by atoms with Crippen molar-refractivity contribution >= 4 is 47.0 Å². The molecule has 0 saturated heterocycles. The molecular weight excluding hydrogens is 464 g/mol. The molecule has 26 heavy (non-hydrogen) atoms. The van der Waals surface area contributed by atoms with Gasteiger partial charge in [-0.3, -0.25) is 4.99 Å². The van der Waals surface area contributed by atoms with Crippen LogP contribution in [0.25, 0.3) is 0 Å². The molecule has 0 spiro atoms. The van der Waals surface area contributed by atoms with Crippen LogP contribution < -0.4 is 15.5 Å². The molecule has 5 nitrogen and oxygen atoms in total. The molecule has 0 bridgehead atoms. The number of benzene rings is 1. The Morgan fingerprint density at radius 2 is 2.00 bits per heavy atom. The average Bonchev–Trinajstić information content (AvgIpc) is 3.02. The number of hydrogen-bond acceptors (Lipinski definition) is 4. The molecule has 8 heteroatoms. The molecule has 0 radical (unpaired) electrons. The molecule has 144 valence electrons. The van der Waals surface area contributed by atoms with Crippen molar-refractivity contribution in [1.29, 1.82) is 0 Å². The number of nitrogens with zero attached hydrogens (tertiary/aromatic N) is 3. The summed E-state index contributed by atoms with van der Waals surface area (Å²) in [6.07, 6.45) is 1.76. The number of thiazole rings is 1. The minimum atomic E-state index is -0.187. The second-order valence-electron chi connectivity index (χ2n) is 5.76. The number of aryl methyl sites for hydroxylation is 1. The molecule has 0 amide bonds. The summed E-state index contributed by atoms with van der Waals surface area (Å²) in [4.78, 5) is 10.6. The third kappa shape index (κ3) is 7.45. The zero-order valence-electron chi connectivity index (χ0n) is 15.5. The summed E-state index contributed by atoms with van der Waals surface area (Å²) in [6.45, 7) is 4.34. The van der Waals surface area contributed by atoms with Crippen molar-refractivity contribution in [2.75, 3.05) is 38.6 Å². The second kappa shape index (κ2) is 12.1. The standard InChI is InChI=1S/C18H26FN5S.HI/c1-14-23-15(13-25-14)9-11-22-18(20-2)21-10-6-12-24(3)17-8-5-4-7-16(17)19;/h4-5,7-8,13H,6,9-12H2,1-3H3,(H2,20,21,22);1H. The number of halogens is 2. The van der Waals surface area contributed by atoms with E-state index >= 15 is 0 Å². The molecule has 0 aliphatic carbocycles. The number of nitrogens with one attached hydrogen (secondary N) is 2. The number of para-hydroxylation sites is 1. The lowest BCUT2D eigenvalue weighted by Crippen LogP contribution is -2.39. The van der Waals surface area contributed by atoms with Gasteiger partial charge in [0.1, 0.15) is 5.82 Å². The van der Waals surface area contributed by atoms with Crippen molar-refractivity contribution in [2.45, 2.75) is 19.8 Å². The minimum Gasteiger partial charge on any atom is -0.372 e. The van der Waals surface area contributed by atoms with Crippen molar-refractivity contribution in [2.24, 2.45) is 4.99 Å². The molecule has 1 heterocycles. The van der Waals surface area contributed by atoms with E-state index in [0.717, 1.165) is 49.1 Å². The Hall–Kier alpha value is -1.42. The van der Waals surface area contributed by atoms with E-state index in [9.17, 15) is 4.39 Å². The Morgan fingerprint density at radius 3 is 2.65 bits per heavy atom. The van der Waals surface area contributed by atoms with Gasteiger partial charge in [0.05, 0.1) is 16.4 Å². The lowest BCUT2D eigenvalue weighted by atomic mass is 10.2. The number of aliphatic imine (C=N–C) groups is 1. The number of guanidine groups is 1. The van der Waals surface area contributed by atoms with Crippen LogP contribution in [0.15, 0.2) is 34.6 Å². The molecule has 0 aliphatic heterocycles. The molecule has 2 rings (SSSR count). The van der Waals surface area contributed by atoms with Gasteiger partial charge in [0, 0.05) is 45.5 Å². The van der Waals surface area contributed by atoms with E-state index in [4.69, 9.17) is 0 Å². The lowest BCUT2D eigenvalue weighted by Gasteiger charge is -2.20. The first-order valence-corrected chi connectivity index (χ1v) is 9.29. The summed E-state index contributed by atoms with van der Waals surface area (Å²) in [5, 5.41) is 9.75. The van der Waals surface area contributed by atoms with Crippen LogP contribution in [0.2, 0.25) is 0 Å². The highest BCUT2D eigenvalue weighted by atomic mass is 127. The Labute approximate surface area is 176 Å². The van der Waals surface area contributed by atoms with Crippen molar-refractivity contribution < 1.29 is 4.39 Å². The lowest BCUT2D eigenvalue weighted by molar-refractivity contribution is 0.619. The minimum absolute atomic E-state index is 0. The first-order valence-electron chi connectivity index (χ1n) is 8.41. The molecule has 0 saturated carbocycles. The van der Waals surface area contributed by atoms with Gasteiger partial charge in [0.2, 0.25) is 0 Å². The van der Waals surface area contributed by atoms with Crippen LogP contribution in [-0.4, -0.2) is 44.7 Å². The van der Waals surface area contributed by atoms with Gasteiger partial charge in [0.15, 0.2) is 5.96 Å². The SMILES string of the molecule is CN=C(NCCCN(C)c1ccccc1F)NCCc1csc(C)n1.I. The monoisotopic (exact) mass is 491 g/mol. The largest absolute Gasteiger partial charge is 0.372 e. The van der Waals surface area contributed by atoms with E-state index < -0.39 is 0 Å². The first-order chi connectivity index (χ1) is 12.1. The Bertz CT molecular complexity index is 692. The van der Waals surface area contributed by atoms with Crippen molar-refractivity contribution in [3.05, 3.63) is 46.2 Å². The maximum atomic E-state index is 13.7. The summed E-state index contributed by atoms with van der Waals surface area (Å²) in [5.74, 6) is 0.591. The molecule has 0 unspecified atom stereocenters. The maximum Gasteiger partial charge on any atom is 0.190 e. The predicted molar refractivity (Wildman–Crippen MR) is 120 cm³/mol. The quantitative estimate of drug-likeness (QED) is 0.257. The van der Waals surface area contributed by atoms with Gasteiger partial charge in [-0.25, -0.2) is 9.37 Å². The number of rotatable bonds is 8. The highest BCUT2D eigenvalue weighted by Gasteiger charge is 2.06. The van der Waals surface area contributed by atoms with Crippen LogP contribution in [-0.2, 0) is 6.42 Å². The Kier molecular flexibility index (Phi) is 10.5. The van der Waals surface area contributed by atoms with E-state index in [1.807, 2.05) is 24.9 Å². The summed E-state index contributed by atoms with van der Waals surface area (Å²) >= 11 is 1.67. The zero-order chi connectivity index (χ0) is 18.1. The zero-order valence-corrected chi connectivity index (χ0v) is 18.6. The van der Waals surface area contributed by atoms with Crippen LogP contribution in [0, 0.1) is 12.7 Å². The molecule has 2 N–H and O–H groups in total. The van der Waals surface area contributed by atoms with E-state index in [-0.39, 0.29) is 29.8 Å². The normalized spacial score (nSPS) is 11.0. The van der Waals surface area contributed by atoms with E-state index in [2.05, 4.69) is 26.0 Å². The third-order valence-corrected chi connectivity index (χ3v) is 4.61. The average molecular weight is 491 g/mol. The van der Waals surface area contributed by atoms with E-state index in [1.165, 1.54) is 6.07 Å². The summed E-state index contributed by atoms with van der Waals surface area (Å²) in [7, 11) is 3.66. The Morgan fingerprint density at radius 1 is 1.27 bits per heavy atom. The van der Waals surface area contributed by atoms with E-state index in [1.54, 1.807) is 30.5 Å². The predicted octanol–water partition coefficient (Wildman–Crippen LogP) is 3.44. The number of aromatic nitrogens is 1. The van der Waals surface area contributed by atoms with Gasteiger partial charge < -0.3 is 15.5 Å². The fraction of sp³-hybridized carbons (Fsp3) is 0.444. The van der Waals surface area contributed by atoms with Gasteiger partial charge >= 0.3 is 0 Å². The van der Waals surface area contributed by atoms with Gasteiger partial charge in [-0.2, -0.15) is 0 Å². The van der Waals surface area contributed by atoms with Gasteiger partial charge in [-0.05, 0) is 25.5 Å². The van der Waals surface area contributed by atoms with Gasteiger partial charge in [-0.15, -0.1) is 35.3 Å². The van der Waals surface area contributed by atoms with Gasteiger partial charge in [-0.1, -0.05) is 12.1 Å². The summed E-state index contributed by atoms with van der Waals surface area (Å²) < 4.78 is 13.7. The van der Waals surface area contributed by atoms with E-state index in [0.29, 0.717) is 5.69 Å². The molecular formula is C18H27FIN5S. The highest BCUT2D eigenvalue weighted by Crippen LogP contribution is 2.16. The fourth-order valence-electron chi connectivity index (χ4n) is 2.46. The van der Waals surface area contributed by atoms with Crippen LogP contribution in [0.5, 0.6) is 0 Å². The smallest absolute Gasteiger partial charge is 0.190 e. The second-order valence-corrected chi connectivity index (χ2v) is 6.82. The van der Waals surface area contributed by atoms with Crippen LogP contribution in [0.4, 0.5) is 10.1 Å². The van der Waals surface area contributed by atoms with Crippen LogP contribution in [0.1, 0.15) is 17.1 Å². The fourth-order valence-corrected chi connectivity index (χ4v) is 3.10. The highest BCUT2D eigenvalue weighted by molar-refractivity contribution is 14.0. The molecule has 1 aromatic carbocycles. The molecule has 0 aliphatic rings. The number of anilines is 1. The van der Waals surface area contributed by atoms with Crippen LogP contribution in [0.3, 0.4) is 0 Å². The number of hydrogen-bond donors (Lipinski definition) is 2. The Balaban J connectivity index is 0.00000338. The third-order valence-electron chi connectivity index (χ3n) is 3.79. The van der Waals surface area contributed by atoms with Crippen molar-refractivity contribution in [3.8, 4) is 0 Å². The molecule has 0 fully saturated rings. The molecule has 1 aromatic heterocycles. The molecule has 2 aromatic rings. The summed E-state index contributed by atoms with van der Waals surface area (Å²) in [5.41, 5.74) is 1.74. The topological polar surface area (TPSA) is 52.6 Å². The molecule has 0 atom stereocenters. The first kappa shape index (κ1) is 22.6. The maximum absolute atomic E-state index is 13.7. The van der Waals surface area contributed by atoms with Crippen molar-refractivity contribution in [3.63, 3.8) is 0 Å².